The molecule has 28 heavy (non-hydrogen) atoms. The van der Waals surface area contributed by atoms with Gasteiger partial charge in [-0.1, -0.05) is 30.3 Å². The SMILES string of the molecule is O=C(c1ccc2c(c1)OCO2)C1CCCN(S(=O)(=O)/C=C/c2ccccc2)C1. The van der Waals surface area contributed by atoms with E-state index in [1.807, 2.05) is 30.3 Å². The Morgan fingerprint density at radius 1 is 1.07 bits per heavy atom. The third-order valence-electron chi connectivity index (χ3n) is 5.00. The number of hydrogen-bond acceptors (Lipinski definition) is 5. The molecule has 1 saturated heterocycles. The molecule has 7 heteroatoms. The molecule has 0 N–H and O–H groups in total. The van der Waals surface area contributed by atoms with E-state index < -0.39 is 10.0 Å². The van der Waals surface area contributed by atoms with Crippen LogP contribution in [0.3, 0.4) is 0 Å². The van der Waals surface area contributed by atoms with E-state index in [0.717, 1.165) is 5.56 Å². The minimum atomic E-state index is -3.58. The van der Waals surface area contributed by atoms with Gasteiger partial charge < -0.3 is 9.47 Å². The number of hydrogen-bond donors (Lipinski definition) is 0. The first-order valence-corrected chi connectivity index (χ1v) is 10.7. The minimum absolute atomic E-state index is 0.0646. The molecule has 0 radical (unpaired) electrons. The number of carbonyl (C=O) groups excluding carboxylic acids is 1. The topological polar surface area (TPSA) is 72.9 Å². The van der Waals surface area contributed by atoms with Crippen LogP contribution in [0.15, 0.2) is 53.9 Å². The minimum Gasteiger partial charge on any atom is -0.454 e. The van der Waals surface area contributed by atoms with Crippen molar-refractivity contribution in [2.24, 2.45) is 5.92 Å². The maximum absolute atomic E-state index is 12.9. The maximum atomic E-state index is 12.9. The zero-order valence-corrected chi connectivity index (χ0v) is 16.1. The zero-order chi connectivity index (χ0) is 19.6. The summed E-state index contributed by atoms with van der Waals surface area (Å²) in [6, 6.07) is 14.4. The van der Waals surface area contributed by atoms with Crippen LogP contribution in [0.1, 0.15) is 28.8 Å². The fourth-order valence-corrected chi connectivity index (χ4v) is 4.76. The Kier molecular flexibility index (Phi) is 5.19. The molecule has 146 valence electrons. The van der Waals surface area contributed by atoms with Gasteiger partial charge in [-0.3, -0.25) is 4.79 Å². The van der Waals surface area contributed by atoms with Gasteiger partial charge in [0, 0.05) is 30.0 Å². The number of benzene rings is 2. The third kappa shape index (κ3) is 3.95. The Balaban J connectivity index is 1.48. The number of piperidine rings is 1. The summed E-state index contributed by atoms with van der Waals surface area (Å²) in [5.41, 5.74) is 1.34. The molecule has 6 nitrogen and oxygen atoms in total. The molecular weight excluding hydrogens is 378 g/mol. The number of rotatable bonds is 5. The highest BCUT2D eigenvalue weighted by Gasteiger charge is 2.32. The normalized spacial score (nSPS) is 19.8. The van der Waals surface area contributed by atoms with Gasteiger partial charge in [-0.15, -0.1) is 0 Å². The molecule has 0 aliphatic carbocycles. The second-order valence-electron chi connectivity index (χ2n) is 6.89. The van der Waals surface area contributed by atoms with Gasteiger partial charge in [0.15, 0.2) is 17.3 Å². The molecule has 1 atom stereocenters. The third-order valence-corrected chi connectivity index (χ3v) is 6.54. The van der Waals surface area contributed by atoms with Crippen LogP contribution >= 0.6 is 0 Å². The molecule has 0 bridgehead atoms. The Hall–Kier alpha value is -2.64. The number of nitrogens with zero attached hydrogens (tertiary/aromatic N) is 1. The predicted molar refractivity (Wildman–Crippen MR) is 106 cm³/mol. The van der Waals surface area contributed by atoms with Crippen LogP contribution in [-0.2, 0) is 10.0 Å². The van der Waals surface area contributed by atoms with Gasteiger partial charge in [-0.2, -0.15) is 4.31 Å². The zero-order valence-electron chi connectivity index (χ0n) is 15.3. The molecule has 2 aromatic carbocycles. The molecule has 2 aliphatic heterocycles. The summed E-state index contributed by atoms with van der Waals surface area (Å²) >= 11 is 0. The Morgan fingerprint density at radius 2 is 1.86 bits per heavy atom. The smallest absolute Gasteiger partial charge is 0.236 e. The van der Waals surface area contributed by atoms with E-state index in [4.69, 9.17) is 9.47 Å². The highest BCUT2D eigenvalue weighted by Crippen LogP contribution is 2.34. The van der Waals surface area contributed by atoms with Crippen molar-refractivity contribution >= 4 is 21.9 Å². The summed E-state index contributed by atoms with van der Waals surface area (Å²) in [4.78, 5) is 12.9. The van der Waals surface area contributed by atoms with Gasteiger partial charge in [-0.05, 0) is 42.7 Å². The van der Waals surface area contributed by atoms with Gasteiger partial charge in [-0.25, -0.2) is 8.42 Å². The number of sulfonamides is 1. The van der Waals surface area contributed by atoms with E-state index in [1.165, 1.54) is 9.71 Å². The molecule has 2 aromatic rings. The lowest BCUT2D eigenvalue weighted by molar-refractivity contribution is 0.0872. The molecule has 2 heterocycles. The molecule has 0 saturated carbocycles. The van der Waals surface area contributed by atoms with Crippen molar-refractivity contribution < 1.29 is 22.7 Å². The first-order chi connectivity index (χ1) is 13.5. The summed E-state index contributed by atoms with van der Waals surface area (Å²) in [5, 5.41) is 1.22. The highest BCUT2D eigenvalue weighted by atomic mass is 32.2. The van der Waals surface area contributed by atoms with E-state index in [0.29, 0.717) is 36.4 Å². The molecule has 0 amide bonds. The first kappa shape index (κ1) is 18.7. The van der Waals surface area contributed by atoms with Gasteiger partial charge in [0.25, 0.3) is 0 Å². The van der Waals surface area contributed by atoms with Crippen molar-refractivity contribution in [3.05, 3.63) is 65.1 Å². The number of ether oxygens (including phenoxy) is 2. The summed E-state index contributed by atoms with van der Waals surface area (Å²) < 4.78 is 37.4. The quantitative estimate of drug-likeness (QED) is 0.722. The molecular formula is C21H21NO5S. The maximum Gasteiger partial charge on any atom is 0.236 e. The molecule has 2 aliphatic rings. The Bertz CT molecular complexity index is 1000. The van der Waals surface area contributed by atoms with Crippen LogP contribution in [0.4, 0.5) is 0 Å². The van der Waals surface area contributed by atoms with E-state index in [9.17, 15) is 13.2 Å². The number of ketones is 1. The van der Waals surface area contributed by atoms with Crippen LogP contribution < -0.4 is 9.47 Å². The average Bonchev–Trinajstić information content (AvgIpc) is 3.20. The van der Waals surface area contributed by atoms with Crippen LogP contribution in [0.2, 0.25) is 0 Å². The summed E-state index contributed by atoms with van der Waals surface area (Å²) in [5.74, 6) is 0.742. The Morgan fingerprint density at radius 3 is 2.68 bits per heavy atom. The van der Waals surface area contributed by atoms with Crippen LogP contribution in [0.25, 0.3) is 6.08 Å². The largest absolute Gasteiger partial charge is 0.454 e. The summed E-state index contributed by atoms with van der Waals surface area (Å²) in [6.45, 7) is 0.761. The summed E-state index contributed by atoms with van der Waals surface area (Å²) in [6.07, 6.45) is 2.90. The van der Waals surface area contributed by atoms with E-state index >= 15 is 0 Å². The van der Waals surface area contributed by atoms with E-state index in [1.54, 1.807) is 24.3 Å². The lowest BCUT2D eigenvalue weighted by Crippen LogP contribution is -2.41. The van der Waals surface area contributed by atoms with Gasteiger partial charge in [0.05, 0.1) is 0 Å². The fourth-order valence-electron chi connectivity index (χ4n) is 3.49. The summed E-state index contributed by atoms with van der Waals surface area (Å²) in [7, 11) is -3.58. The Labute approximate surface area is 164 Å². The number of carbonyl (C=O) groups is 1. The molecule has 4 rings (SSSR count). The number of Topliss-reactive ketones (excluding diaryl/α,β-unsaturated/α-hetero) is 1. The van der Waals surface area contributed by atoms with Gasteiger partial charge >= 0.3 is 0 Å². The highest BCUT2D eigenvalue weighted by molar-refractivity contribution is 7.92. The van der Waals surface area contributed by atoms with Crippen LogP contribution in [-0.4, -0.2) is 38.4 Å². The van der Waals surface area contributed by atoms with Crippen molar-refractivity contribution in [3.63, 3.8) is 0 Å². The van der Waals surface area contributed by atoms with Crippen molar-refractivity contribution in [1.29, 1.82) is 0 Å². The number of fused-ring (bicyclic) bond motifs is 1. The second-order valence-corrected chi connectivity index (χ2v) is 8.71. The van der Waals surface area contributed by atoms with E-state index in [2.05, 4.69) is 0 Å². The van der Waals surface area contributed by atoms with Gasteiger partial charge in [0.1, 0.15) is 0 Å². The van der Waals surface area contributed by atoms with Gasteiger partial charge in [0.2, 0.25) is 16.8 Å². The average molecular weight is 399 g/mol. The molecule has 0 spiro atoms. The van der Waals surface area contributed by atoms with Crippen molar-refractivity contribution in [1.82, 2.24) is 4.31 Å². The van der Waals surface area contributed by atoms with Crippen molar-refractivity contribution in [3.8, 4) is 11.5 Å². The van der Waals surface area contributed by atoms with Crippen molar-refractivity contribution in [2.75, 3.05) is 19.9 Å². The molecule has 1 unspecified atom stereocenters. The molecule has 1 fully saturated rings. The monoisotopic (exact) mass is 399 g/mol. The molecule has 0 aromatic heterocycles. The standard InChI is InChI=1S/C21H21NO5S/c23-21(17-8-9-19-20(13-17)27-15-26-19)18-7-4-11-22(14-18)28(24,25)12-10-16-5-2-1-3-6-16/h1-3,5-6,8-10,12-13,18H,4,7,11,14-15H2/b12-10+. The van der Waals surface area contributed by atoms with E-state index in [-0.39, 0.29) is 25.0 Å². The fraction of sp³-hybridized carbons (Fsp3) is 0.286. The lowest BCUT2D eigenvalue weighted by atomic mass is 9.91. The van der Waals surface area contributed by atoms with Crippen LogP contribution in [0.5, 0.6) is 11.5 Å². The first-order valence-electron chi connectivity index (χ1n) is 9.20. The lowest BCUT2D eigenvalue weighted by Gasteiger charge is -2.30. The van der Waals surface area contributed by atoms with Crippen molar-refractivity contribution in [2.45, 2.75) is 12.8 Å². The predicted octanol–water partition coefficient (Wildman–Crippen LogP) is 3.31. The second kappa shape index (κ2) is 7.77. The van der Waals surface area contributed by atoms with Crippen LogP contribution in [0, 0.1) is 5.92 Å².